The van der Waals surface area contributed by atoms with Crippen molar-refractivity contribution in [3.05, 3.63) is 51.7 Å². The van der Waals surface area contributed by atoms with E-state index in [0.717, 1.165) is 22.3 Å². The molecule has 0 atom stereocenters. The second-order valence-electron chi connectivity index (χ2n) is 5.13. The molecule has 2 N–H and O–H groups in total. The molecule has 0 amide bonds. The zero-order valence-electron chi connectivity index (χ0n) is 13.9. The molecule has 2 aromatic rings. The quantitative estimate of drug-likeness (QED) is 0.269. The SMILES string of the molecule is CCNC(=NCc1nc(C(F)(F)F)cs1)NCCc1cccc(F)c1.I. The molecule has 0 aliphatic rings. The van der Waals surface area contributed by atoms with Gasteiger partial charge >= 0.3 is 6.18 Å². The molecule has 0 saturated heterocycles. The summed E-state index contributed by atoms with van der Waals surface area (Å²) in [5.41, 5.74) is -0.0511. The van der Waals surface area contributed by atoms with E-state index in [4.69, 9.17) is 0 Å². The summed E-state index contributed by atoms with van der Waals surface area (Å²) in [7, 11) is 0. The molecule has 0 fully saturated rings. The predicted octanol–water partition coefficient (Wildman–Crippen LogP) is 4.22. The first-order valence-corrected chi connectivity index (χ1v) is 8.54. The van der Waals surface area contributed by atoms with Crippen molar-refractivity contribution < 1.29 is 17.6 Å². The van der Waals surface area contributed by atoms with Crippen LogP contribution < -0.4 is 10.6 Å². The van der Waals surface area contributed by atoms with E-state index in [1.54, 1.807) is 6.07 Å². The number of rotatable bonds is 6. The average Bonchev–Trinajstić information content (AvgIpc) is 3.02. The van der Waals surface area contributed by atoms with Crippen molar-refractivity contribution in [2.75, 3.05) is 13.1 Å². The number of benzene rings is 1. The Kier molecular flexibility index (Phi) is 9.27. The molecule has 4 nitrogen and oxygen atoms in total. The molecule has 26 heavy (non-hydrogen) atoms. The van der Waals surface area contributed by atoms with Gasteiger partial charge in [-0.1, -0.05) is 12.1 Å². The van der Waals surface area contributed by atoms with Crippen molar-refractivity contribution in [3.63, 3.8) is 0 Å². The van der Waals surface area contributed by atoms with E-state index in [9.17, 15) is 17.6 Å². The van der Waals surface area contributed by atoms with Gasteiger partial charge in [0.1, 0.15) is 10.8 Å². The third-order valence-corrected chi connectivity index (χ3v) is 3.99. The standard InChI is InChI=1S/C16H18F4N4S.HI/c1-2-21-15(22-7-6-11-4-3-5-12(17)8-11)23-9-14-24-13(10-25-14)16(18,19)20;/h3-5,8,10H,2,6-7,9H2,1H3,(H2,21,22,23);1H. The van der Waals surface area contributed by atoms with Crippen LogP contribution in [0.15, 0.2) is 34.6 Å². The van der Waals surface area contributed by atoms with Gasteiger partial charge in [0.15, 0.2) is 11.7 Å². The fourth-order valence-electron chi connectivity index (χ4n) is 2.02. The van der Waals surface area contributed by atoms with Crippen molar-refractivity contribution in [1.29, 1.82) is 0 Å². The normalized spacial score (nSPS) is 11.8. The van der Waals surface area contributed by atoms with Gasteiger partial charge < -0.3 is 10.6 Å². The van der Waals surface area contributed by atoms with E-state index in [1.807, 2.05) is 13.0 Å². The van der Waals surface area contributed by atoms with E-state index >= 15 is 0 Å². The minimum Gasteiger partial charge on any atom is -0.357 e. The summed E-state index contributed by atoms with van der Waals surface area (Å²) in [6.07, 6.45) is -3.84. The van der Waals surface area contributed by atoms with Crippen LogP contribution in [0.4, 0.5) is 17.6 Å². The molecular formula is C16H19F4IN4S. The highest BCUT2D eigenvalue weighted by molar-refractivity contribution is 14.0. The number of aliphatic imine (C=N–C) groups is 1. The number of nitrogens with one attached hydrogen (secondary N) is 2. The highest BCUT2D eigenvalue weighted by atomic mass is 127. The lowest BCUT2D eigenvalue weighted by molar-refractivity contribution is -0.140. The van der Waals surface area contributed by atoms with Crippen LogP contribution in [0.1, 0.15) is 23.2 Å². The molecule has 2 rings (SSSR count). The van der Waals surface area contributed by atoms with Gasteiger partial charge in [0.05, 0.1) is 6.54 Å². The Morgan fingerprint density at radius 3 is 2.65 bits per heavy atom. The second-order valence-corrected chi connectivity index (χ2v) is 6.07. The number of hydrogen-bond donors (Lipinski definition) is 2. The molecule has 0 aliphatic carbocycles. The van der Waals surface area contributed by atoms with Crippen molar-refractivity contribution in [2.24, 2.45) is 4.99 Å². The first-order chi connectivity index (χ1) is 11.9. The van der Waals surface area contributed by atoms with Crippen LogP contribution in [-0.4, -0.2) is 24.0 Å². The highest BCUT2D eigenvalue weighted by Gasteiger charge is 2.33. The third kappa shape index (κ3) is 7.44. The van der Waals surface area contributed by atoms with Crippen LogP contribution in [0, 0.1) is 5.82 Å². The number of nitrogens with zero attached hydrogens (tertiary/aromatic N) is 2. The molecule has 144 valence electrons. The maximum absolute atomic E-state index is 13.1. The topological polar surface area (TPSA) is 49.3 Å². The van der Waals surface area contributed by atoms with Crippen LogP contribution in [-0.2, 0) is 19.1 Å². The fraction of sp³-hybridized carbons (Fsp3) is 0.375. The summed E-state index contributed by atoms with van der Waals surface area (Å²) in [6, 6.07) is 6.30. The maximum Gasteiger partial charge on any atom is 0.434 e. The summed E-state index contributed by atoms with van der Waals surface area (Å²) in [4.78, 5) is 7.77. The fourth-order valence-corrected chi connectivity index (χ4v) is 2.74. The number of aromatic nitrogens is 1. The Balaban J connectivity index is 0.00000338. The van der Waals surface area contributed by atoms with Crippen LogP contribution in [0.5, 0.6) is 0 Å². The van der Waals surface area contributed by atoms with Crippen molar-refractivity contribution >= 4 is 41.3 Å². The summed E-state index contributed by atoms with van der Waals surface area (Å²) < 4.78 is 50.7. The van der Waals surface area contributed by atoms with E-state index < -0.39 is 11.9 Å². The van der Waals surface area contributed by atoms with E-state index in [0.29, 0.717) is 25.5 Å². The number of alkyl halides is 3. The van der Waals surface area contributed by atoms with E-state index in [2.05, 4.69) is 20.6 Å². The Morgan fingerprint density at radius 1 is 1.27 bits per heavy atom. The molecule has 0 aliphatic heterocycles. The van der Waals surface area contributed by atoms with Crippen LogP contribution in [0.2, 0.25) is 0 Å². The Labute approximate surface area is 170 Å². The Morgan fingerprint density at radius 2 is 2.04 bits per heavy atom. The molecule has 0 saturated carbocycles. The first kappa shape index (κ1) is 22.6. The summed E-state index contributed by atoms with van der Waals surface area (Å²) in [5.74, 6) is 0.185. The average molecular weight is 502 g/mol. The van der Waals surface area contributed by atoms with Crippen molar-refractivity contribution in [3.8, 4) is 0 Å². The van der Waals surface area contributed by atoms with Gasteiger partial charge in [-0.2, -0.15) is 13.2 Å². The lowest BCUT2D eigenvalue weighted by atomic mass is 10.1. The lowest BCUT2D eigenvalue weighted by Gasteiger charge is -2.11. The van der Waals surface area contributed by atoms with Gasteiger partial charge in [0.25, 0.3) is 0 Å². The van der Waals surface area contributed by atoms with Gasteiger partial charge in [-0.15, -0.1) is 35.3 Å². The van der Waals surface area contributed by atoms with Gasteiger partial charge in [-0.3, -0.25) is 0 Å². The molecule has 0 unspecified atom stereocenters. The van der Waals surface area contributed by atoms with Crippen LogP contribution >= 0.6 is 35.3 Å². The zero-order valence-corrected chi connectivity index (χ0v) is 17.1. The zero-order chi connectivity index (χ0) is 18.3. The molecule has 0 spiro atoms. The minimum absolute atomic E-state index is 0. The van der Waals surface area contributed by atoms with Crippen molar-refractivity contribution in [1.82, 2.24) is 15.6 Å². The number of guanidine groups is 1. The predicted molar refractivity (Wildman–Crippen MR) is 105 cm³/mol. The largest absolute Gasteiger partial charge is 0.434 e. The van der Waals surface area contributed by atoms with E-state index in [1.165, 1.54) is 12.1 Å². The summed E-state index contributed by atoms with van der Waals surface area (Å²) >= 11 is 0.923. The number of halogens is 5. The van der Waals surface area contributed by atoms with Crippen LogP contribution in [0.3, 0.4) is 0 Å². The number of hydrogen-bond acceptors (Lipinski definition) is 3. The maximum atomic E-state index is 13.1. The monoisotopic (exact) mass is 502 g/mol. The van der Waals surface area contributed by atoms with Crippen LogP contribution in [0.25, 0.3) is 0 Å². The molecular weight excluding hydrogens is 483 g/mol. The van der Waals surface area contributed by atoms with Gasteiger partial charge in [-0.25, -0.2) is 14.4 Å². The smallest absolute Gasteiger partial charge is 0.357 e. The van der Waals surface area contributed by atoms with E-state index in [-0.39, 0.29) is 41.3 Å². The lowest BCUT2D eigenvalue weighted by Crippen LogP contribution is -2.38. The summed E-state index contributed by atoms with van der Waals surface area (Å²) in [6.45, 7) is 3.06. The van der Waals surface area contributed by atoms with Gasteiger partial charge in [0.2, 0.25) is 0 Å². The minimum atomic E-state index is -4.44. The number of thiazole rings is 1. The Hall–Kier alpha value is -1.43. The van der Waals surface area contributed by atoms with Gasteiger partial charge in [-0.05, 0) is 31.0 Å². The molecule has 1 aromatic heterocycles. The summed E-state index contributed by atoms with van der Waals surface area (Å²) in [5, 5.41) is 7.34. The molecule has 0 bridgehead atoms. The van der Waals surface area contributed by atoms with Gasteiger partial charge in [0, 0.05) is 18.5 Å². The molecule has 0 radical (unpaired) electrons. The van der Waals surface area contributed by atoms with Crippen molar-refractivity contribution in [2.45, 2.75) is 26.1 Å². The second kappa shape index (κ2) is 10.7. The molecule has 1 heterocycles. The Bertz CT molecular complexity index is 718. The highest BCUT2D eigenvalue weighted by Crippen LogP contribution is 2.30. The molecule has 1 aromatic carbocycles. The first-order valence-electron chi connectivity index (χ1n) is 7.66. The molecule has 10 heteroatoms. The third-order valence-electron chi connectivity index (χ3n) is 3.15.